The quantitative estimate of drug-likeness (QED) is 0.611. The molecule has 2 heterocycles. The summed E-state index contributed by atoms with van der Waals surface area (Å²) in [5.41, 5.74) is -0.496. The van der Waals surface area contributed by atoms with Crippen LogP contribution in [0.25, 0.3) is 0 Å². The number of nitrogens with zero attached hydrogens (tertiary/aromatic N) is 2. The first-order valence-electron chi connectivity index (χ1n) is 10.7. The molecule has 0 radical (unpaired) electrons. The molecule has 1 aromatic heterocycles. The fourth-order valence-electron chi connectivity index (χ4n) is 3.62. The molecule has 1 saturated heterocycles. The molecule has 1 amide bonds. The summed E-state index contributed by atoms with van der Waals surface area (Å²) in [6.07, 6.45) is 4.16. The summed E-state index contributed by atoms with van der Waals surface area (Å²) in [4.78, 5) is 18.7. The van der Waals surface area contributed by atoms with Crippen molar-refractivity contribution < 1.29 is 19.0 Å². The molecule has 0 saturated carbocycles. The van der Waals surface area contributed by atoms with Gasteiger partial charge in [-0.05, 0) is 64.3 Å². The molecule has 0 bridgehead atoms. The SMILES string of the molecule is CCC(Oc1cccnc1Oc1ccccc1)[C@H]1CCCN(C(=O)OC(C)(C)C)C1. The summed E-state index contributed by atoms with van der Waals surface area (Å²) in [5.74, 6) is 1.99. The lowest BCUT2D eigenvalue weighted by Gasteiger charge is -2.37. The van der Waals surface area contributed by atoms with E-state index in [0.29, 0.717) is 23.9 Å². The van der Waals surface area contributed by atoms with E-state index in [-0.39, 0.29) is 18.1 Å². The maximum atomic E-state index is 12.5. The lowest BCUT2D eigenvalue weighted by molar-refractivity contribution is 0.00551. The van der Waals surface area contributed by atoms with Gasteiger partial charge in [0, 0.05) is 25.2 Å². The molecule has 6 nitrogen and oxygen atoms in total. The predicted octanol–water partition coefficient (Wildman–Crippen LogP) is 5.68. The molecule has 1 aliphatic heterocycles. The molecule has 0 spiro atoms. The zero-order valence-electron chi connectivity index (χ0n) is 18.3. The van der Waals surface area contributed by atoms with Crippen molar-refractivity contribution in [3.63, 3.8) is 0 Å². The third kappa shape index (κ3) is 6.12. The van der Waals surface area contributed by atoms with E-state index in [4.69, 9.17) is 14.2 Å². The number of carbonyl (C=O) groups excluding carboxylic acids is 1. The third-order valence-corrected chi connectivity index (χ3v) is 5.01. The smallest absolute Gasteiger partial charge is 0.410 e. The monoisotopic (exact) mass is 412 g/mol. The summed E-state index contributed by atoms with van der Waals surface area (Å²) in [7, 11) is 0. The highest BCUT2D eigenvalue weighted by molar-refractivity contribution is 5.68. The van der Waals surface area contributed by atoms with Crippen LogP contribution in [-0.4, -0.2) is 40.8 Å². The van der Waals surface area contributed by atoms with Crippen LogP contribution in [0.2, 0.25) is 0 Å². The summed E-state index contributed by atoms with van der Waals surface area (Å²) in [5, 5.41) is 0. The van der Waals surface area contributed by atoms with E-state index in [1.807, 2.05) is 63.2 Å². The molecule has 30 heavy (non-hydrogen) atoms. The van der Waals surface area contributed by atoms with Crippen molar-refractivity contribution >= 4 is 6.09 Å². The van der Waals surface area contributed by atoms with Gasteiger partial charge in [-0.1, -0.05) is 25.1 Å². The zero-order chi connectivity index (χ0) is 21.6. The molecule has 1 aliphatic rings. The van der Waals surface area contributed by atoms with Crippen LogP contribution in [-0.2, 0) is 4.74 Å². The van der Waals surface area contributed by atoms with E-state index in [0.717, 1.165) is 25.8 Å². The molecule has 1 aromatic carbocycles. The van der Waals surface area contributed by atoms with Gasteiger partial charge in [-0.25, -0.2) is 9.78 Å². The van der Waals surface area contributed by atoms with Crippen LogP contribution in [0, 0.1) is 5.92 Å². The Labute approximate surface area is 179 Å². The predicted molar refractivity (Wildman–Crippen MR) is 116 cm³/mol. The Kier molecular flexibility index (Phi) is 7.19. The molecule has 2 aromatic rings. The van der Waals surface area contributed by atoms with Gasteiger partial charge in [-0.2, -0.15) is 0 Å². The number of aromatic nitrogens is 1. The second-order valence-corrected chi connectivity index (χ2v) is 8.62. The normalized spacial score (nSPS) is 17.9. The van der Waals surface area contributed by atoms with E-state index in [1.165, 1.54) is 0 Å². The molecule has 6 heteroatoms. The first-order chi connectivity index (χ1) is 14.4. The van der Waals surface area contributed by atoms with Gasteiger partial charge in [-0.3, -0.25) is 0 Å². The molecule has 1 unspecified atom stereocenters. The fraction of sp³-hybridized carbons (Fsp3) is 0.500. The number of piperidine rings is 1. The Morgan fingerprint density at radius 3 is 2.67 bits per heavy atom. The Morgan fingerprint density at radius 1 is 1.20 bits per heavy atom. The van der Waals surface area contributed by atoms with Crippen LogP contribution < -0.4 is 9.47 Å². The highest BCUT2D eigenvalue weighted by Gasteiger charge is 2.32. The topological polar surface area (TPSA) is 60.9 Å². The number of ether oxygens (including phenoxy) is 3. The van der Waals surface area contributed by atoms with Crippen molar-refractivity contribution in [3.8, 4) is 17.4 Å². The average Bonchev–Trinajstić information content (AvgIpc) is 2.73. The summed E-state index contributed by atoms with van der Waals surface area (Å²) in [6, 6.07) is 13.3. The number of para-hydroxylation sites is 1. The number of carbonyl (C=O) groups is 1. The molecule has 162 valence electrons. The molecular formula is C24H32N2O4. The van der Waals surface area contributed by atoms with Crippen LogP contribution in [0.4, 0.5) is 4.79 Å². The standard InChI is InChI=1S/C24H32N2O4/c1-5-20(18-11-10-16-26(17-18)23(27)30-24(2,3)4)29-21-14-9-15-25-22(21)28-19-12-7-6-8-13-19/h6-9,12-15,18,20H,5,10-11,16-17H2,1-4H3/t18-,20?/m0/s1. The van der Waals surface area contributed by atoms with Gasteiger partial charge < -0.3 is 19.1 Å². The Morgan fingerprint density at radius 2 is 1.97 bits per heavy atom. The van der Waals surface area contributed by atoms with Crippen molar-refractivity contribution in [2.75, 3.05) is 13.1 Å². The molecular weight excluding hydrogens is 380 g/mol. The number of likely N-dealkylation sites (tertiary alicyclic amines) is 1. The fourth-order valence-corrected chi connectivity index (χ4v) is 3.62. The highest BCUT2D eigenvalue weighted by atomic mass is 16.6. The van der Waals surface area contributed by atoms with Crippen LogP contribution in [0.5, 0.6) is 17.4 Å². The van der Waals surface area contributed by atoms with Gasteiger partial charge in [-0.15, -0.1) is 0 Å². The first-order valence-corrected chi connectivity index (χ1v) is 10.7. The second-order valence-electron chi connectivity index (χ2n) is 8.62. The summed E-state index contributed by atoms with van der Waals surface area (Å²) >= 11 is 0. The van der Waals surface area contributed by atoms with E-state index in [1.54, 1.807) is 11.1 Å². The minimum Gasteiger partial charge on any atom is -0.484 e. The van der Waals surface area contributed by atoms with Gasteiger partial charge in [0.2, 0.25) is 0 Å². The van der Waals surface area contributed by atoms with E-state index in [9.17, 15) is 4.79 Å². The summed E-state index contributed by atoms with van der Waals surface area (Å²) in [6.45, 7) is 9.12. The van der Waals surface area contributed by atoms with Crippen LogP contribution in [0.15, 0.2) is 48.7 Å². The van der Waals surface area contributed by atoms with E-state index >= 15 is 0 Å². The lowest BCUT2D eigenvalue weighted by Crippen LogP contribution is -2.46. The van der Waals surface area contributed by atoms with Gasteiger partial charge >= 0.3 is 6.09 Å². The maximum absolute atomic E-state index is 12.5. The molecule has 2 atom stereocenters. The molecule has 3 rings (SSSR count). The number of hydrogen-bond acceptors (Lipinski definition) is 5. The number of amides is 1. The Hall–Kier alpha value is -2.76. The van der Waals surface area contributed by atoms with Crippen molar-refractivity contribution in [2.45, 2.75) is 58.7 Å². The average molecular weight is 413 g/mol. The van der Waals surface area contributed by atoms with E-state index < -0.39 is 5.60 Å². The Bertz CT molecular complexity index is 819. The first kappa shape index (κ1) is 21.9. The second kappa shape index (κ2) is 9.83. The van der Waals surface area contributed by atoms with Crippen molar-refractivity contribution in [2.24, 2.45) is 5.92 Å². The lowest BCUT2D eigenvalue weighted by atomic mass is 9.91. The van der Waals surface area contributed by atoms with Crippen LogP contribution in [0.1, 0.15) is 47.0 Å². The largest absolute Gasteiger partial charge is 0.484 e. The van der Waals surface area contributed by atoms with Gasteiger partial charge in [0.15, 0.2) is 5.75 Å². The minimum atomic E-state index is -0.496. The van der Waals surface area contributed by atoms with E-state index in [2.05, 4.69) is 11.9 Å². The number of benzene rings is 1. The zero-order valence-corrected chi connectivity index (χ0v) is 18.3. The van der Waals surface area contributed by atoms with Crippen molar-refractivity contribution in [1.82, 2.24) is 9.88 Å². The van der Waals surface area contributed by atoms with Gasteiger partial charge in [0.1, 0.15) is 17.5 Å². The number of rotatable bonds is 6. The molecule has 1 fully saturated rings. The Balaban J connectivity index is 1.69. The van der Waals surface area contributed by atoms with Crippen LogP contribution >= 0.6 is 0 Å². The van der Waals surface area contributed by atoms with Crippen molar-refractivity contribution in [1.29, 1.82) is 0 Å². The number of hydrogen-bond donors (Lipinski definition) is 0. The maximum Gasteiger partial charge on any atom is 0.410 e. The van der Waals surface area contributed by atoms with Gasteiger partial charge in [0.25, 0.3) is 5.88 Å². The molecule has 0 aliphatic carbocycles. The highest BCUT2D eigenvalue weighted by Crippen LogP contribution is 2.33. The van der Waals surface area contributed by atoms with Gasteiger partial charge in [0.05, 0.1) is 0 Å². The summed E-state index contributed by atoms with van der Waals surface area (Å²) < 4.78 is 17.9. The van der Waals surface area contributed by atoms with Crippen LogP contribution in [0.3, 0.4) is 0 Å². The third-order valence-electron chi connectivity index (χ3n) is 5.01. The number of pyridine rings is 1. The molecule has 0 N–H and O–H groups in total. The minimum absolute atomic E-state index is 0.0439. The van der Waals surface area contributed by atoms with Crippen molar-refractivity contribution in [3.05, 3.63) is 48.7 Å².